The van der Waals surface area contributed by atoms with Crippen LogP contribution in [-0.2, 0) is 0 Å². The van der Waals surface area contributed by atoms with E-state index in [2.05, 4.69) is 9.97 Å². The highest BCUT2D eigenvalue weighted by molar-refractivity contribution is 5.43. The van der Waals surface area contributed by atoms with Crippen molar-refractivity contribution in [3.05, 3.63) is 37.2 Å². The molecule has 0 spiro atoms. The van der Waals surface area contributed by atoms with Gasteiger partial charge in [0, 0.05) is 18.6 Å². The van der Waals surface area contributed by atoms with Gasteiger partial charge in [0.2, 0.25) is 0 Å². The lowest BCUT2D eigenvalue weighted by molar-refractivity contribution is 1.04. The van der Waals surface area contributed by atoms with Crippen LogP contribution in [0.25, 0.3) is 5.69 Å². The van der Waals surface area contributed by atoms with E-state index in [1.54, 1.807) is 24.9 Å². The largest absolute Gasteiger partial charge is 0.397 e. The zero-order chi connectivity index (χ0) is 8.39. The monoisotopic (exact) mass is 160 g/mol. The van der Waals surface area contributed by atoms with Gasteiger partial charge in [-0.3, -0.25) is 4.98 Å². The second kappa shape index (κ2) is 2.65. The minimum atomic E-state index is 0.654. The molecular formula is C8H8N4. The molecule has 0 saturated heterocycles. The van der Waals surface area contributed by atoms with Crippen LogP contribution in [0.1, 0.15) is 0 Å². The molecule has 2 aromatic rings. The van der Waals surface area contributed by atoms with E-state index in [4.69, 9.17) is 5.73 Å². The molecule has 0 unspecified atom stereocenters. The van der Waals surface area contributed by atoms with Crippen LogP contribution in [-0.4, -0.2) is 14.5 Å². The summed E-state index contributed by atoms with van der Waals surface area (Å²) < 4.78 is 1.85. The van der Waals surface area contributed by atoms with E-state index in [9.17, 15) is 0 Å². The first-order valence-electron chi connectivity index (χ1n) is 3.55. The third kappa shape index (κ3) is 1.14. The van der Waals surface area contributed by atoms with Crippen molar-refractivity contribution >= 4 is 5.69 Å². The fourth-order valence-electron chi connectivity index (χ4n) is 0.998. The number of rotatable bonds is 1. The van der Waals surface area contributed by atoms with Crippen molar-refractivity contribution in [1.29, 1.82) is 0 Å². The first-order chi connectivity index (χ1) is 5.86. The van der Waals surface area contributed by atoms with Gasteiger partial charge >= 0.3 is 0 Å². The number of aromatic nitrogens is 3. The van der Waals surface area contributed by atoms with E-state index in [0.29, 0.717) is 5.69 Å². The Morgan fingerprint density at radius 3 is 2.83 bits per heavy atom. The SMILES string of the molecule is Nc1cncc(-n2ccnc2)c1. The number of pyridine rings is 1. The van der Waals surface area contributed by atoms with Crippen LogP contribution in [0.2, 0.25) is 0 Å². The highest BCUT2D eigenvalue weighted by Crippen LogP contribution is 2.08. The highest BCUT2D eigenvalue weighted by atomic mass is 15.0. The quantitative estimate of drug-likeness (QED) is 0.672. The van der Waals surface area contributed by atoms with Gasteiger partial charge in [-0.15, -0.1) is 0 Å². The van der Waals surface area contributed by atoms with Crippen LogP contribution in [0, 0.1) is 0 Å². The Kier molecular flexibility index (Phi) is 1.51. The molecule has 0 aliphatic heterocycles. The summed E-state index contributed by atoms with van der Waals surface area (Å²) in [5, 5.41) is 0. The summed E-state index contributed by atoms with van der Waals surface area (Å²) in [5.41, 5.74) is 7.15. The summed E-state index contributed by atoms with van der Waals surface area (Å²) in [6.45, 7) is 0. The van der Waals surface area contributed by atoms with Gasteiger partial charge in [0.15, 0.2) is 0 Å². The van der Waals surface area contributed by atoms with Gasteiger partial charge in [-0.2, -0.15) is 0 Å². The lowest BCUT2D eigenvalue weighted by atomic mass is 10.4. The summed E-state index contributed by atoms with van der Waals surface area (Å²) >= 11 is 0. The fourth-order valence-corrected chi connectivity index (χ4v) is 0.998. The van der Waals surface area contributed by atoms with Crippen LogP contribution < -0.4 is 5.73 Å². The molecule has 0 radical (unpaired) electrons. The Labute approximate surface area is 69.7 Å². The van der Waals surface area contributed by atoms with Crippen molar-refractivity contribution < 1.29 is 0 Å². The molecule has 60 valence electrons. The molecule has 0 aliphatic carbocycles. The maximum absolute atomic E-state index is 5.57. The molecule has 0 fully saturated rings. The van der Waals surface area contributed by atoms with Gasteiger partial charge in [0.1, 0.15) is 0 Å². The molecule has 2 aromatic heterocycles. The van der Waals surface area contributed by atoms with Gasteiger partial charge < -0.3 is 10.3 Å². The number of hydrogen-bond acceptors (Lipinski definition) is 3. The van der Waals surface area contributed by atoms with Crippen LogP contribution >= 0.6 is 0 Å². The summed E-state index contributed by atoms with van der Waals surface area (Å²) in [4.78, 5) is 7.89. The van der Waals surface area contributed by atoms with E-state index in [1.165, 1.54) is 0 Å². The van der Waals surface area contributed by atoms with Crippen molar-refractivity contribution in [3.63, 3.8) is 0 Å². The van der Waals surface area contributed by atoms with E-state index in [-0.39, 0.29) is 0 Å². The molecule has 0 atom stereocenters. The van der Waals surface area contributed by atoms with Gasteiger partial charge in [-0.1, -0.05) is 0 Å². The van der Waals surface area contributed by atoms with E-state index >= 15 is 0 Å². The zero-order valence-electron chi connectivity index (χ0n) is 6.38. The number of hydrogen-bond donors (Lipinski definition) is 1. The minimum Gasteiger partial charge on any atom is -0.397 e. The maximum Gasteiger partial charge on any atom is 0.0992 e. The lowest BCUT2D eigenvalue weighted by Gasteiger charge is -2.00. The molecule has 2 N–H and O–H groups in total. The number of nitrogens with two attached hydrogens (primary N) is 1. The molecule has 0 aromatic carbocycles. The second-order valence-corrected chi connectivity index (χ2v) is 2.45. The Bertz CT molecular complexity index is 366. The topological polar surface area (TPSA) is 56.7 Å². The van der Waals surface area contributed by atoms with E-state index in [1.807, 2.05) is 16.8 Å². The van der Waals surface area contributed by atoms with Crippen LogP contribution in [0.3, 0.4) is 0 Å². The van der Waals surface area contributed by atoms with Crippen molar-refractivity contribution in [2.75, 3.05) is 5.73 Å². The number of nitrogen functional groups attached to an aromatic ring is 1. The third-order valence-electron chi connectivity index (χ3n) is 1.55. The molecule has 2 heterocycles. The Morgan fingerprint density at radius 1 is 1.25 bits per heavy atom. The van der Waals surface area contributed by atoms with Crippen molar-refractivity contribution in [2.45, 2.75) is 0 Å². The second-order valence-electron chi connectivity index (χ2n) is 2.45. The molecule has 0 saturated carbocycles. The molecular weight excluding hydrogens is 152 g/mol. The number of imidazole rings is 1. The van der Waals surface area contributed by atoms with Gasteiger partial charge in [0.05, 0.1) is 23.9 Å². The average Bonchev–Trinajstić information content (AvgIpc) is 2.56. The standard InChI is InChI=1S/C8H8N4/c9-7-3-8(5-11-4-7)12-2-1-10-6-12/h1-6H,9H2. The molecule has 4 heteroatoms. The van der Waals surface area contributed by atoms with Crippen molar-refractivity contribution in [1.82, 2.24) is 14.5 Å². The number of anilines is 1. The summed E-state index contributed by atoms with van der Waals surface area (Å²) in [6.07, 6.45) is 8.61. The first-order valence-corrected chi connectivity index (χ1v) is 3.55. The molecule has 12 heavy (non-hydrogen) atoms. The predicted octanol–water partition coefficient (Wildman–Crippen LogP) is 0.850. The van der Waals surface area contributed by atoms with E-state index < -0.39 is 0 Å². The van der Waals surface area contributed by atoms with Gasteiger partial charge in [0.25, 0.3) is 0 Å². The van der Waals surface area contributed by atoms with Crippen LogP contribution in [0.15, 0.2) is 37.2 Å². The Balaban J connectivity index is 2.48. The average molecular weight is 160 g/mol. The zero-order valence-corrected chi connectivity index (χ0v) is 6.38. The van der Waals surface area contributed by atoms with Crippen molar-refractivity contribution in [3.8, 4) is 5.69 Å². The normalized spacial score (nSPS) is 10.0. The van der Waals surface area contributed by atoms with Gasteiger partial charge in [-0.25, -0.2) is 4.98 Å². The summed E-state index contributed by atoms with van der Waals surface area (Å²) in [7, 11) is 0. The summed E-state index contributed by atoms with van der Waals surface area (Å²) in [5.74, 6) is 0. The number of nitrogens with zero attached hydrogens (tertiary/aromatic N) is 3. The highest BCUT2D eigenvalue weighted by Gasteiger charge is 1.94. The molecule has 0 amide bonds. The van der Waals surface area contributed by atoms with Crippen molar-refractivity contribution in [2.24, 2.45) is 0 Å². The Hall–Kier alpha value is -1.84. The van der Waals surface area contributed by atoms with Gasteiger partial charge in [-0.05, 0) is 6.07 Å². The van der Waals surface area contributed by atoms with Crippen LogP contribution in [0.4, 0.5) is 5.69 Å². The fraction of sp³-hybridized carbons (Fsp3) is 0. The molecule has 2 rings (SSSR count). The lowest BCUT2D eigenvalue weighted by Crippen LogP contribution is -1.93. The first kappa shape index (κ1) is 6.84. The molecule has 0 bridgehead atoms. The Morgan fingerprint density at radius 2 is 2.17 bits per heavy atom. The third-order valence-corrected chi connectivity index (χ3v) is 1.55. The molecule has 4 nitrogen and oxygen atoms in total. The van der Waals surface area contributed by atoms with Crippen LogP contribution in [0.5, 0.6) is 0 Å². The smallest absolute Gasteiger partial charge is 0.0992 e. The minimum absolute atomic E-state index is 0.654. The summed E-state index contributed by atoms with van der Waals surface area (Å²) in [6, 6.07) is 1.84. The maximum atomic E-state index is 5.57. The predicted molar refractivity (Wildman–Crippen MR) is 45.8 cm³/mol. The molecule has 0 aliphatic rings. The van der Waals surface area contributed by atoms with E-state index in [0.717, 1.165) is 5.69 Å².